The van der Waals surface area contributed by atoms with Crippen LogP contribution in [0.5, 0.6) is 5.75 Å². The maximum Gasteiger partial charge on any atom is 0.233 e. The molecule has 2 unspecified atom stereocenters. The minimum atomic E-state index is 0.264. The van der Waals surface area contributed by atoms with Crippen molar-refractivity contribution in [2.24, 2.45) is 0 Å². The van der Waals surface area contributed by atoms with Gasteiger partial charge in [0.1, 0.15) is 5.75 Å². The van der Waals surface area contributed by atoms with Gasteiger partial charge in [-0.1, -0.05) is 32.6 Å². The monoisotopic (exact) mass is 551 g/mol. The van der Waals surface area contributed by atoms with E-state index in [4.69, 9.17) is 4.98 Å². The van der Waals surface area contributed by atoms with Crippen LogP contribution in [0.2, 0.25) is 0 Å². The molecule has 1 aromatic carbocycles. The molecule has 32 heavy (non-hydrogen) atoms. The van der Waals surface area contributed by atoms with Crippen LogP contribution in [0.25, 0.3) is 0 Å². The number of hydrogen-bond donors (Lipinski definition) is 5. The average molecular weight is 551 g/mol. The minimum Gasteiger partial charge on any atom is -0.507 e. The molecule has 1 aliphatic carbocycles. The summed E-state index contributed by atoms with van der Waals surface area (Å²) in [6, 6.07) is 6.48. The number of halogens is 1. The van der Waals surface area contributed by atoms with Crippen molar-refractivity contribution in [2.45, 2.75) is 82.8 Å². The summed E-state index contributed by atoms with van der Waals surface area (Å²) in [5.74, 6) is 1.96. The molecule has 0 radical (unpaired) electrons. The molecule has 2 atom stereocenters. The molecule has 0 amide bonds. The van der Waals surface area contributed by atoms with Crippen molar-refractivity contribution >= 4 is 46.1 Å². The third-order valence-corrected chi connectivity index (χ3v) is 7.23. The minimum absolute atomic E-state index is 0.264. The lowest BCUT2D eigenvalue weighted by Crippen LogP contribution is -2.40. The van der Waals surface area contributed by atoms with Crippen molar-refractivity contribution < 1.29 is 5.11 Å². The topological polar surface area (TPSA) is 107 Å². The van der Waals surface area contributed by atoms with Crippen LogP contribution < -0.4 is 21.3 Å². The number of benzene rings is 1. The van der Waals surface area contributed by atoms with E-state index in [1.165, 1.54) is 38.5 Å². The molecule has 1 saturated carbocycles. The van der Waals surface area contributed by atoms with Crippen LogP contribution in [0, 0.1) is 3.57 Å². The number of anilines is 4. The van der Waals surface area contributed by atoms with Gasteiger partial charge in [0.15, 0.2) is 0 Å². The summed E-state index contributed by atoms with van der Waals surface area (Å²) in [6.45, 7) is 3.27. The highest BCUT2D eigenvalue weighted by atomic mass is 127. The Morgan fingerprint density at radius 1 is 1.03 bits per heavy atom. The van der Waals surface area contributed by atoms with Gasteiger partial charge in [0.2, 0.25) is 17.8 Å². The van der Waals surface area contributed by atoms with Gasteiger partial charge in [0.25, 0.3) is 0 Å². The molecule has 0 spiro atoms. The Balaban J connectivity index is 1.56. The highest BCUT2D eigenvalue weighted by Crippen LogP contribution is 2.26. The molecule has 174 valence electrons. The quantitative estimate of drug-likeness (QED) is 0.177. The van der Waals surface area contributed by atoms with Gasteiger partial charge in [0.05, 0.1) is 3.57 Å². The highest BCUT2D eigenvalue weighted by Gasteiger charge is 2.24. The van der Waals surface area contributed by atoms with Crippen LogP contribution in [0.15, 0.2) is 18.2 Å². The van der Waals surface area contributed by atoms with Crippen molar-refractivity contribution in [1.82, 2.24) is 20.3 Å². The third kappa shape index (κ3) is 6.34. The molecule has 1 aromatic heterocycles. The molecule has 1 saturated heterocycles. The molecule has 2 heterocycles. The Kier molecular flexibility index (Phi) is 8.23. The van der Waals surface area contributed by atoms with Crippen LogP contribution in [0.3, 0.4) is 0 Å². The molecule has 2 aliphatic rings. The van der Waals surface area contributed by atoms with Crippen LogP contribution in [-0.2, 0) is 0 Å². The Labute approximate surface area is 204 Å². The van der Waals surface area contributed by atoms with Gasteiger partial charge in [-0.05, 0) is 79.4 Å². The van der Waals surface area contributed by atoms with E-state index in [-0.39, 0.29) is 11.8 Å². The van der Waals surface area contributed by atoms with Gasteiger partial charge >= 0.3 is 0 Å². The van der Waals surface area contributed by atoms with Crippen LogP contribution in [0.4, 0.5) is 23.5 Å². The predicted octanol–water partition coefficient (Wildman–Crippen LogP) is 5.00. The first-order valence-electron chi connectivity index (χ1n) is 11.9. The van der Waals surface area contributed by atoms with Gasteiger partial charge < -0.3 is 26.4 Å². The second kappa shape index (κ2) is 11.3. The largest absolute Gasteiger partial charge is 0.507 e. The van der Waals surface area contributed by atoms with Gasteiger partial charge in [-0.15, -0.1) is 0 Å². The number of aromatic hydroxyl groups is 1. The standard InChI is InChI=1S/C23H34IN7O/c1-2-18(19-10-7-13-25-19)28-23-30-21(26-15-8-5-3-4-6-9-15)29-22(31-23)27-16-11-12-20(32)17(24)14-16/h11-12,14-15,18-19,25,32H,2-10,13H2,1H3,(H3,26,27,28,29,30,31). The predicted molar refractivity (Wildman–Crippen MR) is 138 cm³/mol. The van der Waals surface area contributed by atoms with Crippen molar-refractivity contribution in [1.29, 1.82) is 0 Å². The molecule has 8 nitrogen and oxygen atoms in total. The lowest BCUT2D eigenvalue weighted by Gasteiger charge is -2.24. The van der Waals surface area contributed by atoms with Crippen molar-refractivity contribution in [3.05, 3.63) is 21.8 Å². The van der Waals surface area contributed by atoms with E-state index in [0.29, 0.717) is 29.9 Å². The van der Waals surface area contributed by atoms with E-state index in [1.54, 1.807) is 6.07 Å². The lowest BCUT2D eigenvalue weighted by molar-refractivity contribution is 0.471. The van der Waals surface area contributed by atoms with E-state index in [0.717, 1.165) is 35.1 Å². The molecular formula is C23H34IN7O. The van der Waals surface area contributed by atoms with Crippen molar-refractivity contribution in [3.63, 3.8) is 0 Å². The Morgan fingerprint density at radius 3 is 2.47 bits per heavy atom. The Bertz CT molecular complexity index is 883. The fourth-order valence-corrected chi connectivity index (χ4v) is 5.10. The van der Waals surface area contributed by atoms with Crippen LogP contribution in [0.1, 0.15) is 64.7 Å². The summed E-state index contributed by atoms with van der Waals surface area (Å²) in [7, 11) is 0. The first kappa shape index (κ1) is 23.3. The summed E-state index contributed by atoms with van der Waals surface area (Å²) in [6.07, 6.45) is 10.8. The number of rotatable bonds is 8. The molecule has 2 fully saturated rings. The number of aromatic nitrogens is 3. The molecule has 2 aromatic rings. The zero-order valence-electron chi connectivity index (χ0n) is 18.7. The third-order valence-electron chi connectivity index (χ3n) is 6.37. The van der Waals surface area contributed by atoms with Crippen LogP contribution >= 0.6 is 22.6 Å². The number of hydrogen-bond acceptors (Lipinski definition) is 8. The Hall–Kier alpha value is -1.88. The molecule has 0 bridgehead atoms. The van der Waals surface area contributed by atoms with Crippen molar-refractivity contribution in [2.75, 3.05) is 22.5 Å². The molecule has 5 N–H and O–H groups in total. The normalized spacial score (nSPS) is 20.5. The number of nitrogens with one attached hydrogen (secondary N) is 4. The van der Waals surface area contributed by atoms with E-state index in [1.807, 2.05) is 12.1 Å². The first-order valence-corrected chi connectivity index (χ1v) is 13.0. The zero-order chi connectivity index (χ0) is 22.3. The van der Waals surface area contributed by atoms with E-state index in [2.05, 4.69) is 60.7 Å². The van der Waals surface area contributed by atoms with E-state index in [9.17, 15) is 5.11 Å². The molecule has 4 rings (SSSR count). The van der Waals surface area contributed by atoms with Crippen molar-refractivity contribution in [3.8, 4) is 5.75 Å². The lowest BCUT2D eigenvalue weighted by atomic mass is 10.0. The Morgan fingerprint density at radius 2 is 1.78 bits per heavy atom. The molecule has 9 heteroatoms. The van der Waals surface area contributed by atoms with Gasteiger partial charge in [-0.2, -0.15) is 15.0 Å². The second-order valence-corrected chi connectivity index (χ2v) is 9.95. The second-order valence-electron chi connectivity index (χ2n) is 8.79. The summed E-state index contributed by atoms with van der Waals surface area (Å²) in [5.41, 5.74) is 0.828. The van der Waals surface area contributed by atoms with E-state index >= 15 is 0 Å². The van der Waals surface area contributed by atoms with Gasteiger partial charge in [0, 0.05) is 23.8 Å². The van der Waals surface area contributed by atoms with E-state index < -0.39 is 0 Å². The molecule has 1 aliphatic heterocycles. The number of nitrogens with zero attached hydrogens (tertiary/aromatic N) is 3. The maximum atomic E-state index is 9.83. The summed E-state index contributed by atoms with van der Waals surface area (Å²) in [4.78, 5) is 14.1. The average Bonchev–Trinajstić information content (AvgIpc) is 3.19. The molecular weight excluding hydrogens is 517 g/mol. The zero-order valence-corrected chi connectivity index (χ0v) is 20.9. The van der Waals surface area contributed by atoms with Crippen LogP contribution in [-0.4, -0.2) is 44.7 Å². The maximum absolute atomic E-state index is 9.83. The first-order chi connectivity index (χ1) is 15.6. The number of phenolic OH excluding ortho intramolecular Hbond substituents is 1. The smallest absolute Gasteiger partial charge is 0.233 e. The SMILES string of the molecule is CCC(Nc1nc(Nc2ccc(O)c(I)c2)nc(NC2CCCCCC2)n1)C1CCCN1. The summed E-state index contributed by atoms with van der Waals surface area (Å²) in [5, 5.41) is 23.8. The summed E-state index contributed by atoms with van der Waals surface area (Å²) >= 11 is 2.11. The fraction of sp³-hybridized carbons (Fsp3) is 0.609. The van der Waals surface area contributed by atoms with Gasteiger partial charge in [-0.25, -0.2) is 0 Å². The highest BCUT2D eigenvalue weighted by molar-refractivity contribution is 14.1. The fourth-order valence-electron chi connectivity index (χ4n) is 4.59. The summed E-state index contributed by atoms with van der Waals surface area (Å²) < 4.78 is 0.773. The number of phenols is 1. The van der Waals surface area contributed by atoms with Gasteiger partial charge in [-0.3, -0.25) is 0 Å².